The number of rotatable bonds is 2. The Bertz CT molecular complexity index is 688. The molecular formula is C15H17FN4O. The average molecular weight is 288 g/mol. The van der Waals surface area contributed by atoms with Crippen LogP contribution in [0.2, 0.25) is 0 Å². The number of halogens is 1. The second kappa shape index (κ2) is 5.29. The van der Waals surface area contributed by atoms with Crippen molar-refractivity contribution < 1.29 is 9.18 Å². The van der Waals surface area contributed by atoms with Crippen molar-refractivity contribution in [3.63, 3.8) is 0 Å². The summed E-state index contributed by atoms with van der Waals surface area (Å²) in [5.41, 5.74) is 3.00. The molecule has 0 aliphatic carbocycles. The number of aryl methyl sites for hydroxylation is 2. The summed E-state index contributed by atoms with van der Waals surface area (Å²) < 4.78 is 16.1. The zero-order valence-electron chi connectivity index (χ0n) is 12.0. The van der Waals surface area contributed by atoms with Gasteiger partial charge >= 0.3 is 0 Å². The molecule has 0 unspecified atom stereocenters. The van der Waals surface area contributed by atoms with Gasteiger partial charge in [0.1, 0.15) is 5.82 Å². The quantitative estimate of drug-likeness (QED) is 0.885. The van der Waals surface area contributed by atoms with Crippen LogP contribution in [0, 0.1) is 12.7 Å². The molecule has 0 spiro atoms. The van der Waals surface area contributed by atoms with E-state index in [1.807, 2.05) is 13.0 Å². The Morgan fingerprint density at radius 1 is 1.48 bits per heavy atom. The van der Waals surface area contributed by atoms with Gasteiger partial charge in [0.05, 0.1) is 5.69 Å². The Morgan fingerprint density at radius 2 is 2.29 bits per heavy atom. The van der Waals surface area contributed by atoms with E-state index in [0.717, 1.165) is 17.8 Å². The van der Waals surface area contributed by atoms with Crippen molar-refractivity contribution >= 4 is 11.6 Å². The molecule has 0 saturated heterocycles. The predicted molar refractivity (Wildman–Crippen MR) is 77.7 cm³/mol. The molecule has 0 atom stereocenters. The Kier molecular flexibility index (Phi) is 3.47. The van der Waals surface area contributed by atoms with E-state index >= 15 is 0 Å². The van der Waals surface area contributed by atoms with Crippen LogP contribution in [-0.4, -0.2) is 22.2 Å². The lowest BCUT2D eigenvalue weighted by Gasteiger charge is -2.19. The summed E-state index contributed by atoms with van der Waals surface area (Å²) in [5, 5.41) is 9.90. The van der Waals surface area contributed by atoms with Gasteiger partial charge in [0.15, 0.2) is 5.69 Å². The maximum atomic E-state index is 14.4. The van der Waals surface area contributed by atoms with E-state index in [4.69, 9.17) is 0 Å². The third-order valence-corrected chi connectivity index (χ3v) is 3.80. The summed E-state index contributed by atoms with van der Waals surface area (Å²) in [6.07, 6.45) is 0.633. The molecule has 1 aliphatic rings. The molecule has 6 heteroatoms. The predicted octanol–water partition coefficient (Wildman–Crippen LogP) is 1.77. The zero-order valence-corrected chi connectivity index (χ0v) is 12.0. The SMILES string of the molecule is Cc1cc(C(=O)Nc2ccc3c(c2F)CCNC3)nn1C. The molecule has 2 N–H and O–H groups in total. The number of nitrogens with one attached hydrogen (secondary N) is 2. The maximum absolute atomic E-state index is 14.4. The van der Waals surface area contributed by atoms with E-state index in [1.165, 1.54) is 0 Å². The minimum Gasteiger partial charge on any atom is -0.318 e. The fourth-order valence-electron chi connectivity index (χ4n) is 2.49. The lowest BCUT2D eigenvalue weighted by Crippen LogP contribution is -2.25. The topological polar surface area (TPSA) is 59.0 Å². The number of benzene rings is 1. The number of amides is 1. The first-order valence-electron chi connectivity index (χ1n) is 6.89. The van der Waals surface area contributed by atoms with Crippen LogP contribution in [0.1, 0.15) is 27.3 Å². The fraction of sp³-hybridized carbons (Fsp3) is 0.333. The maximum Gasteiger partial charge on any atom is 0.276 e. The lowest BCUT2D eigenvalue weighted by molar-refractivity contribution is 0.102. The summed E-state index contributed by atoms with van der Waals surface area (Å²) in [5.74, 6) is -0.735. The normalized spacial score (nSPS) is 13.9. The minimum atomic E-state index is -0.397. The second-order valence-electron chi connectivity index (χ2n) is 5.24. The van der Waals surface area contributed by atoms with E-state index in [1.54, 1.807) is 23.9 Å². The summed E-state index contributed by atoms with van der Waals surface area (Å²) in [4.78, 5) is 12.1. The molecule has 0 fully saturated rings. The number of hydrogen-bond acceptors (Lipinski definition) is 3. The molecule has 0 saturated carbocycles. The van der Waals surface area contributed by atoms with Crippen LogP contribution in [0.4, 0.5) is 10.1 Å². The number of carbonyl (C=O) groups excluding carboxylic acids is 1. The first kappa shape index (κ1) is 13.8. The van der Waals surface area contributed by atoms with Crippen LogP contribution in [0.25, 0.3) is 0 Å². The van der Waals surface area contributed by atoms with Gasteiger partial charge in [-0.2, -0.15) is 5.10 Å². The first-order valence-corrected chi connectivity index (χ1v) is 6.89. The molecule has 5 nitrogen and oxygen atoms in total. The van der Waals surface area contributed by atoms with Crippen molar-refractivity contribution in [2.24, 2.45) is 7.05 Å². The summed E-state index contributed by atoms with van der Waals surface area (Å²) in [6, 6.07) is 5.13. The molecule has 3 rings (SSSR count). The molecule has 2 aromatic rings. The first-order chi connectivity index (χ1) is 10.1. The lowest BCUT2D eigenvalue weighted by atomic mass is 9.99. The van der Waals surface area contributed by atoms with Gasteiger partial charge in [-0.15, -0.1) is 0 Å². The van der Waals surface area contributed by atoms with Gasteiger partial charge in [-0.1, -0.05) is 6.07 Å². The minimum absolute atomic E-state index is 0.212. The molecule has 2 heterocycles. The van der Waals surface area contributed by atoms with Crippen LogP contribution in [0.5, 0.6) is 0 Å². The highest BCUT2D eigenvalue weighted by atomic mass is 19.1. The molecule has 0 radical (unpaired) electrons. The van der Waals surface area contributed by atoms with E-state index in [2.05, 4.69) is 15.7 Å². The molecule has 1 aromatic heterocycles. The molecule has 1 amide bonds. The van der Waals surface area contributed by atoms with Crippen molar-refractivity contribution in [2.45, 2.75) is 19.9 Å². The molecule has 110 valence electrons. The van der Waals surface area contributed by atoms with Crippen molar-refractivity contribution in [1.82, 2.24) is 15.1 Å². The number of hydrogen-bond donors (Lipinski definition) is 2. The monoisotopic (exact) mass is 288 g/mol. The van der Waals surface area contributed by atoms with Crippen molar-refractivity contribution in [3.8, 4) is 0 Å². The summed E-state index contributed by atoms with van der Waals surface area (Å²) >= 11 is 0. The molecular weight excluding hydrogens is 271 g/mol. The Labute approximate surface area is 122 Å². The van der Waals surface area contributed by atoms with Crippen molar-refractivity contribution in [1.29, 1.82) is 0 Å². The van der Waals surface area contributed by atoms with Gasteiger partial charge < -0.3 is 10.6 Å². The highest BCUT2D eigenvalue weighted by Crippen LogP contribution is 2.24. The zero-order chi connectivity index (χ0) is 15.0. The largest absolute Gasteiger partial charge is 0.318 e. The van der Waals surface area contributed by atoms with Crippen LogP contribution >= 0.6 is 0 Å². The Balaban J connectivity index is 1.86. The van der Waals surface area contributed by atoms with Crippen LogP contribution in [-0.2, 0) is 20.0 Å². The third-order valence-electron chi connectivity index (χ3n) is 3.80. The highest BCUT2D eigenvalue weighted by molar-refractivity contribution is 6.03. The standard InChI is InChI=1S/C15H17FN4O/c1-9-7-13(19-20(9)2)15(21)18-12-4-3-10-8-17-6-5-11(10)14(12)16/h3-4,7,17H,5-6,8H2,1-2H3,(H,18,21). The number of nitrogens with zero attached hydrogens (tertiary/aromatic N) is 2. The Hall–Kier alpha value is -2.21. The van der Waals surface area contributed by atoms with Gasteiger partial charge in [-0.25, -0.2) is 4.39 Å². The van der Waals surface area contributed by atoms with Crippen LogP contribution < -0.4 is 10.6 Å². The van der Waals surface area contributed by atoms with Gasteiger partial charge in [-0.3, -0.25) is 9.48 Å². The Morgan fingerprint density at radius 3 is 3.00 bits per heavy atom. The van der Waals surface area contributed by atoms with Gasteiger partial charge in [0.2, 0.25) is 0 Å². The highest BCUT2D eigenvalue weighted by Gasteiger charge is 2.19. The number of fused-ring (bicyclic) bond motifs is 1. The smallest absolute Gasteiger partial charge is 0.276 e. The number of carbonyl (C=O) groups is 1. The summed E-state index contributed by atoms with van der Waals surface area (Å²) in [6.45, 7) is 3.27. The van der Waals surface area contributed by atoms with Crippen LogP contribution in [0.3, 0.4) is 0 Å². The van der Waals surface area contributed by atoms with Crippen LogP contribution in [0.15, 0.2) is 18.2 Å². The second-order valence-corrected chi connectivity index (χ2v) is 5.24. The molecule has 1 aromatic carbocycles. The van der Waals surface area contributed by atoms with Gasteiger partial charge in [0, 0.05) is 19.3 Å². The average Bonchev–Trinajstić information content (AvgIpc) is 2.82. The number of aromatic nitrogens is 2. The van der Waals surface area contributed by atoms with E-state index in [-0.39, 0.29) is 17.2 Å². The molecule has 21 heavy (non-hydrogen) atoms. The third kappa shape index (κ3) is 2.54. The number of anilines is 1. The molecule has 0 bridgehead atoms. The van der Waals surface area contributed by atoms with Gasteiger partial charge in [-0.05, 0) is 43.1 Å². The van der Waals surface area contributed by atoms with Crippen molar-refractivity contribution in [3.05, 3.63) is 46.5 Å². The summed E-state index contributed by atoms with van der Waals surface area (Å²) in [7, 11) is 1.76. The van der Waals surface area contributed by atoms with E-state index in [0.29, 0.717) is 18.5 Å². The molecule has 1 aliphatic heterocycles. The van der Waals surface area contributed by atoms with E-state index in [9.17, 15) is 9.18 Å². The fourth-order valence-corrected chi connectivity index (χ4v) is 2.49. The van der Waals surface area contributed by atoms with Gasteiger partial charge in [0.25, 0.3) is 5.91 Å². The van der Waals surface area contributed by atoms with Crippen molar-refractivity contribution in [2.75, 3.05) is 11.9 Å². The van der Waals surface area contributed by atoms with E-state index < -0.39 is 5.91 Å².